The normalized spacial score (nSPS) is 27.8. The van der Waals surface area contributed by atoms with Crippen LogP contribution in [0.4, 0.5) is 0 Å². The van der Waals surface area contributed by atoms with Gasteiger partial charge in [-0.25, -0.2) is 0 Å². The maximum atomic E-state index is 5.24. The van der Waals surface area contributed by atoms with Gasteiger partial charge in [0.25, 0.3) is 0 Å². The summed E-state index contributed by atoms with van der Waals surface area (Å²) in [6, 6.07) is 1.60. The Morgan fingerprint density at radius 1 is 1.47 bits per heavy atom. The molecule has 0 aromatic rings. The summed E-state index contributed by atoms with van der Waals surface area (Å²) in [5.74, 6) is 0. The molecule has 2 atom stereocenters. The van der Waals surface area contributed by atoms with Gasteiger partial charge in [-0.2, -0.15) is 0 Å². The lowest BCUT2D eigenvalue weighted by Crippen LogP contribution is -2.50. The fourth-order valence-electron chi connectivity index (χ4n) is 1.91. The van der Waals surface area contributed by atoms with Crippen molar-refractivity contribution < 1.29 is 0 Å². The molecule has 0 radical (unpaired) electrons. The zero-order chi connectivity index (χ0) is 11.4. The Morgan fingerprint density at radius 2 is 2.13 bits per heavy atom. The molecular weight excluding hydrogens is 206 g/mol. The zero-order valence-corrected chi connectivity index (χ0v) is 11.0. The molecule has 0 aromatic carbocycles. The summed E-state index contributed by atoms with van der Waals surface area (Å²) >= 11 is 5.24. The van der Waals surface area contributed by atoms with Crippen molar-refractivity contribution in [2.75, 3.05) is 13.6 Å². The van der Waals surface area contributed by atoms with Crippen LogP contribution >= 0.6 is 12.2 Å². The molecule has 2 N–H and O–H groups in total. The van der Waals surface area contributed by atoms with E-state index in [-0.39, 0.29) is 0 Å². The van der Waals surface area contributed by atoms with E-state index in [0.717, 1.165) is 11.7 Å². The second-order valence-electron chi connectivity index (χ2n) is 4.82. The summed E-state index contributed by atoms with van der Waals surface area (Å²) in [7, 11) is 2.19. The molecule has 1 rings (SSSR count). The molecule has 1 saturated heterocycles. The van der Waals surface area contributed by atoms with Crippen molar-refractivity contribution in [2.24, 2.45) is 0 Å². The van der Waals surface area contributed by atoms with Crippen LogP contribution < -0.4 is 10.6 Å². The highest BCUT2D eigenvalue weighted by Gasteiger charge is 2.22. The lowest BCUT2D eigenvalue weighted by molar-refractivity contribution is 0.177. The van der Waals surface area contributed by atoms with Crippen LogP contribution in [0.2, 0.25) is 0 Å². The minimum atomic E-state index is 0.411. The standard InChI is InChI=1S/C11H23N3S/c1-8(2)12-11(15)13-10-5-6-14(4)9(3)7-10/h8-10H,5-7H2,1-4H3,(H2,12,13,15). The van der Waals surface area contributed by atoms with Gasteiger partial charge in [0.05, 0.1) is 0 Å². The molecule has 0 spiro atoms. The molecule has 0 amide bonds. The van der Waals surface area contributed by atoms with Gasteiger partial charge in [-0.15, -0.1) is 0 Å². The van der Waals surface area contributed by atoms with Crippen molar-refractivity contribution in [1.82, 2.24) is 15.5 Å². The van der Waals surface area contributed by atoms with E-state index in [4.69, 9.17) is 12.2 Å². The van der Waals surface area contributed by atoms with E-state index >= 15 is 0 Å². The number of likely N-dealkylation sites (tertiary alicyclic amines) is 1. The van der Waals surface area contributed by atoms with Gasteiger partial charge in [0.1, 0.15) is 0 Å². The lowest BCUT2D eigenvalue weighted by Gasteiger charge is -2.36. The Balaban J connectivity index is 2.30. The van der Waals surface area contributed by atoms with E-state index in [1.165, 1.54) is 12.8 Å². The Bertz CT molecular complexity index is 218. The molecule has 3 nitrogen and oxygen atoms in total. The molecule has 1 fully saturated rings. The van der Waals surface area contributed by atoms with Crippen LogP contribution in [-0.4, -0.2) is 41.7 Å². The van der Waals surface area contributed by atoms with Crippen molar-refractivity contribution in [2.45, 2.75) is 51.7 Å². The smallest absolute Gasteiger partial charge is 0.166 e. The van der Waals surface area contributed by atoms with Crippen molar-refractivity contribution in [1.29, 1.82) is 0 Å². The Kier molecular flexibility index (Phi) is 4.80. The van der Waals surface area contributed by atoms with Crippen molar-refractivity contribution >= 4 is 17.3 Å². The average Bonchev–Trinajstić information content (AvgIpc) is 2.10. The van der Waals surface area contributed by atoms with E-state index in [1.54, 1.807) is 0 Å². The van der Waals surface area contributed by atoms with E-state index in [9.17, 15) is 0 Å². The summed E-state index contributed by atoms with van der Waals surface area (Å²) in [5.41, 5.74) is 0. The largest absolute Gasteiger partial charge is 0.361 e. The molecule has 1 heterocycles. The number of nitrogens with zero attached hydrogens (tertiary/aromatic N) is 1. The first-order chi connectivity index (χ1) is 6.99. The van der Waals surface area contributed by atoms with Gasteiger partial charge in [-0.05, 0) is 52.9 Å². The third kappa shape index (κ3) is 4.34. The summed E-state index contributed by atoms with van der Waals surface area (Å²) in [4.78, 5) is 2.40. The van der Waals surface area contributed by atoms with Crippen LogP contribution in [0.15, 0.2) is 0 Å². The van der Waals surface area contributed by atoms with Gasteiger partial charge in [0, 0.05) is 24.7 Å². The van der Waals surface area contributed by atoms with Crippen molar-refractivity contribution in [3.05, 3.63) is 0 Å². The van der Waals surface area contributed by atoms with Gasteiger partial charge in [-0.1, -0.05) is 0 Å². The fraction of sp³-hybridized carbons (Fsp3) is 0.909. The third-order valence-electron chi connectivity index (χ3n) is 2.96. The quantitative estimate of drug-likeness (QED) is 0.699. The van der Waals surface area contributed by atoms with Gasteiger partial charge in [0.2, 0.25) is 0 Å². The van der Waals surface area contributed by atoms with Crippen LogP contribution in [0.5, 0.6) is 0 Å². The number of hydrogen-bond donors (Lipinski definition) is 2. The SMILES string of the molecule is CC(C)NC(=S)NC1CCN(C)C(C)C1. The number of hydrogen-bond acceptors (Lipinski definition) is 2. The second-order valence-corrected chi connectivity index (χ2v) is 5.23. The average molecular weight is 229 g/mol. The predicted octanol–water partition coefficient (Wildman–Crippen LogP) is 1.34. The number of rotatable bonds is 2. The molecule has 0 aromatic heterocycles. The van der Waals surface area contributed by atoms with Crippen molar-refractivity contribution in [3.63, 3.8) is 0 Å². The highest BCUT2D eigenvalue weighted by Crippen LogP contribution is 2.14. The molecule has 0 bridgehead atoms. The molecule has 2 unspecified atom stereocenters. The van der Waals surface area contributed by atoms with Crippen LogP contribution in [-0.2, 0) is 0 Å². The summed E-state index contributed by atoms with van der Waals surface area (Å²) < 4.78 is 0. The highest BCUT2D eigenvalue weighted by molar-refractivity contribution is 7.80. The second kappa shape index (κ2) is 5.66. The molecule has 15 heavy (non-hydrogen) atoms. The molecule has 1 aliphatic rings. The highest BCUT2D eigenvalue weighted by atomic mass is 32.1. The van der Waals surface area contributed by atoms with Crippen LogP contribution in [0.1, 0.15) is 33.6 Å². The van der Waals surface area contributed by atoms with E-state index in [0.29, 0.717) is 18.1 Å². The zero-order valence-electron chi connectivity index (χ0n) is 10.2. The van der Waals surface area contributed by atoms with Gasteiger partial charge < -0.3 is 15.5 Å². The lowest BCUT2D eigenvalue weighted by atomic mass is 9.99. The molecule has 88 valence electrons. The topological polar surface area (TPSA) is 27.3 Å². The number of thiocarbonyl (C=S) groups is 1. The fourth-order valence-corrected chi connectivity index (χ4v) is 2.31. The number of piperidine rings is 1. The maximum absolute atomic E-state index is 5.24. The van der Waals surface area contributed by atoms with Crippen LogP contribution in [0.3, 0.4) is 0 Å². The van der Waals surface area contributed by atoms with Gasteiger partial charge in [-0.3, -0.25) is 0 Å². The minimum absolute atomic E-state index is 0.411. The van der Waals surface area contributed by atoms with E-state index < -0.39 is 0 Å². The Hall–Kier alpha value is -0.350. The summed E-state index contributed by atoms with van der Waals surface area (Å²) in [6.07, 6.45) is 2.36. The predicted molar refractivity (Wildman–Crippen MR) is 69.1 cm³/mol. The molecule has 1 aliphatic heterocycles. The molecule has 0 saturated carbocycles. The minimum Gasteiger partial charge on any atom is -0.361 e. The molecule has 0 aliphatic carbocycles. The summed E-state index contributed by atoms with van der Waals surface area (Å²) in [6.45, 7) is 7.63. The van der Waals surface area contributed by atoms with Gasteiger partial charge >= 0.3 is 0 Å². The molecular formula is C11H23N3S. The monoisotopic (exact) mass is 229 g/mol. The first kappa shape index (κ1) is 12.7. The first-order valence-electron chi connectivity index (χ1n) is 5.76. The Morgan fingerprint density at radius 3 is 2.67 bits per heavy atom. The van der Waals surface area contributed by atoms with Crippen LogP contribution in [0, 0.1) is 0 Å². The van der Waals surface area contributed by atoms with E-state index in [1.807, 2.05) is 0 Å². The van der Waals surface area contributed by atoms with Crippen LogP contribution in [0.25, 0.3) is 0 Å². The van der Waals surface area contributed by atoms with E-state index in [2.05, 4.69) is 43.4 Å². The number of nitrogens with one attached hydrogen (secondary N) is 2. The third-order valence-corrected chi connectivity index (χ3v) is 3.20. The summed E-state index contributed by atoms with van der Waals surface area (Å²) in [5, 5.41) is 7.42. The van der Waals surface area contributed by atoms with Gasteiger partial charge in [0.15, 0.2) is 5.11 Å². The van der Waals surface area contributed by atoms with Crippen molar-refractivity contribution in [3.8, 4) is 0 Å². The Labute approximate surface area is 98.6 Å². The maximum Gasteiger partial charge on any atom is 0.166 e. The first-order valence-corrected chi connectivity index (χ1v) is 6.17. The molecule has 4 heteroatoms.